The van der Waals surface area contributed by atoms with Crippen LogP contribution in [0.1, 0.15) is 59.3 Å². The van der Waals surface area contributed by atoms with Gasteiger partial charge in [0.2, 0.25) is 5.91 Å². The molecule has 0 fully saturated rings. The van der Waals surface area contributed by atoms with Crippen molar-refractivity contribution in [2.24, 2.45) is 5.41 Å². The Labute approximate surface area is 110 Å². The molecule has 0 aromatic rings. The maximum atomic E-state index is 12.0. The number of amides is 1. The van der Waals surface area contributed by atoms with Crippen LogP contribution in [0, 0.1) is 5.41 Å². The van der Waals surface area contributed by atoms with Crippen molar-refractivity contribution in [3.63, 3.8) is 0 Å². The molecule has 1 N–H and O–H groups in total. The Morgan fingerprint density at radius 2 is 1.67 bits per heavy atom. The van der Waals surface area contributed by atoms with Gasteiger partial charge in [0.05, 0.1) is 5.41 Å². The van der Waals surface area contributed by atoms with Gasteiger partial charge in [-0.15, -0.1) is 0 Å². The summed E-state index contributed by atoms with van der Waals surface area (Å²) in [7, 11) is 1.76. The van der Waals surface area contributed by atoms with Gasteiger partial charge < -0.3 is 10.0 Å². The summed E-state index contributed by atoms with van der Waals surface area (Å²) in [5, 5.41) is 9.30. The summed E-state index contributed by atoms with van der Waals surface area (Å²) in [4.78, 5) is 25.0. The molecule has 0 saturated carbocycles. The van der Waals surface area contributed by atoms with Crippen molar-refractivity contribution in [1.29, 1.82) is 0 Å². The van der Waals surface area contributed by atoms with Crippen molar-refractivity contribution < 1.29 is 14.7 Å². The number of hydrogen-bond donors (Lipinski definition) is 1. The first-order valence-electron chi connectivity index (χ1n) is 6.90. The monoisotopic (exact) mass is 257 g/mol. The standard InChI is InChI=1S/C14H27NO3/c1-5-8-9-10-15(4)12(16)11-14(6-2,7-3)13(17)18/h5-11H2,1-4H3,(H,17,18). The number of carbonyl (C=O) groups is 2. The van der Waals surface area contributed by atoms with Gasteiger partial charge >= 0.3 is 5.97 Å². The maximum Gasteiger partial charge on any atom is 0.310 e. The lowest BCUT2D eigenvalue weighted by Crippen LogP contribution is -2.38. The second kappa shape index (κ2) is 8.11. The highest BCUT2D eigenvalue weighted by atomic mass is 16.4. The van der Waals surface area contributed by atoms with E-state index in [-0.39, 0.29) is 12.3 Å². The minimum Gasteiger partial charge on any atom is -0.481 e. The van der Waals surface area contributed by atoms with E-state index in [2.05, 4.69) is 6.92 Å². The lowest BCUT2D eigenvalue weighted by atomic mass is 9.79. The Morgan fingerprint density at radius 3 is 2.06 bits per heavy atom. The lowest BCUT2D eigenvalue weighted by molar-refractivity contribution is -0.154. The summed E-state index contributed by atoms with van der Waals surface area (Å²) in [6.45, 7) is 6.51. The molecule has 106 valence electrons. The average molecular weight is 257 g/mol. The minimum atomic E-state index is -0.893. The Kier molecular flexibility index (Phi) is 7.64. The molecule has 0 saturated heterocycles. The van der Waals surface area contributed by atoms with E-state index in [4.69, 9.17) is 0 Å². The molecule has 0 aliphatic rings. The summed E-state index contributed by atoms with van der Waals surface area (Å²) >= 11 is 0. The van der Waals surface area contributed by atoms with E-state index in [0.29, 0.717) is 12.8 Å². The van der Waals surface area contributed by atoms with Crippen LogP contribution in [0.15, 0.2) is 0 Å². The lowest BCUT2D eigenvalue weighted by Gasteiger charge is -2.28. The zero-order chi connectivity index (χ0) is 14.2. The van der Waals surface area contributed by atoms with Gasteiger partial charge in [0.15, 0.2) is 0 Å². The molecule has 4 heteroatoms. The van der Waals surface area contributed by atoms with Crippen LogP contribution in [0.5, 0.6) is 0 Å². The van der Waals surface area contributed by atoms with Gasteiger partial charge in [-0.3, -0.25) is 9.59 Å². The molecule has 0 spiro atoms. The van der Waals surface area contributed by atoms with Crippen molar-refractivity contribution in [2.75, 3.05) is 13.6 Å². The Balaban J connectivity index is 4.46. The van der Waals surface area contributed by atoms with Crippen LogP contribution in [-0.4, -0.2) is 35.5 Å². The van der Waals surface area contributed by atoms with Gasteiger partial charge in [0, 0.05) is 20.0 Å². The van der Waals surface area contributed by atoms with Crippen LogP contribution in [0.25, 0.3) is 0 Å². The van der Waals surface area contributed by atoms with Crippen LogP contribution in [0.4, 0.5) is 0 Å². The van der Waals surface area contributed by atoms with E-state index in [0.717, 1.165) is 25.8 Å². The molecular formula is C14H27NO3. The van der Waals surface area contributed by atoms with Gasteiger partial charge in [0.25, 0.3) is 0 Å². The maximum absolute atomic E-state index is 12.0. The van der Waals surface area contributed by atoms with Crippen LogP contribution in [0.2, 0.25) is 0 Å². The fourth-order valence-electron chi connectivity index (χ4n) is 2.03. The third-order valence-corrected chi connectivity index (χ3v) is 3.82. The first-order valence-corrected chi connectivity index (χ1v) is 6.90. The smallest absolute Gasteiger partial charge is 0.310 e. The van der Waals surface area contributed by atoms with Gasteiger partial charge in [-0.1, -0.05) is 33.6 Å². The molecule has 0 radical (unpaired) electrons. The predicted molar refractivity (Wildman–Crippen MR) is 72.4 cm³/mol. The number of hydrogen-bond acceptors (Lipinski definition) is 2. The molecule has 4 nitrogen and oxygen atoms in total. The van der Waals surface area contributed by atoms with Crippen LogP contribution < -0.4 is 0 Å². The van der Waals surface area contributed by atoms with E-state index >= 15 is 0 Å². The summed E-state index contributed by atoms with van der Waals surface area (Å²) in [6.07, 6.45) is 4.30. The van der Waals surface area contributed by atoms with E-state index < -0.39 is 11.4 Å². The molecule has 0 heterocycles. The number of rotatable bonds is 9. The van der Waals surface area contributed by atoms with E-state index in [9.17, 15) is 14.7 Å². The highest BCUT2D eigenvalue weighted by molar-refractivity contribution is 5.84. The van der Waals surface area contributed by atoms with Crippen molar-refractivity contribution in [3.8, 4) is 0 Å². The fourth-order valence-corrected chi connectivity index (χ4v) is 2.03. The zero-order valence-corrected chi connectivity index (χ0v) is 12.2. The molecule has 0 bridgehead atoms. The first kappa shape index (κ1) is 16.9. The molecule has 0 atom stereocenters. The third kappa shape index (κ3) is 4.67. The second-order valence-electron chi connectivity index (χ2n) is 4.99. The van der Waals surface area contributed by atoms with E-state index in [1.165, 1.54) is 0 Å². The van der Waals surface area contributed by atoms with Crippen molar-refractivity contribution in [2.45, 2.75) is 59.3 Å². The van der Waals surface area contributed by atoms with Crippen LogP contribution in [-0.2, 0) is 9.59 Å². The highest BCUT2D eigenvalue weighted by Crippen LogP contribution is 2.31. The second-order valence-corrected chi connectivity index (χ2v) is 4.99. The van der Waals surface area contributed by atoms with Gasteiger partial charge in [0.1, 0.15) is 0 Å². The predicted octanol–water partition coefficient (Wildman–Crippen LogP) is 2.92. The van der Waals surface area contributed by atoms with Gasteiger partial charge in [-0.25, -0.2) is 0 Å². The SMILES string of the molecule is CCCCCN(C)C(=O)CC(CC)(CC)C(=O)O. The number of nitrogens with zero attached hydrogens (tertiary/aromatic N) is 1. The Morgan fingerprint density at radius 1 is 1.11 bits per heavy atom. The third-order valence-electron chi connectivity index (χ3n) is 3.82. The first-order chi connectivity index (χ1) is 8.43. The van der Waals surface area contributed by atoms with Crippen molar-refractivity contribution >= 4 is 11.9 Å². The topological polar surface area (TPSA) is 57.6 Å². The largest absolute Gasteiger partial charge is 0.481 e. The number of carbonyl (C=O) groups excluding carboxylic acids is 1. The molecular weight excluding hydrogens is 230 g/mol. The Bertz CT molecular complexity index is 272. The highest BCUT2D eigenvalue weighted by Gasteiger charge is 2.37. The summed E-state index contributed by atoms with van der Waals surface area (Å²) in [5.74, 6) is -0.917. The number of unbranched alkanes of at least 4 members (excludes halogenated alkanes) is 2. The molecule has 1 amide bonds. The van der Waals surface area contributed by atoms with Crippen molar-refractivity contribution in [3.05, 3.63) is 0 Å². The molecule has 0 aliphatic carbocycles. The summed E-state index contributed by atoms with van der Waals surface area (Å²) in [6, 6.07) is 0. The zero-order valence-electron chi connectivity index (χ0n) is 12.2. The number of carboxylic acid groups (broad SMARTS) is 1. The van der Waals surface area contributed by atoms with Crippen LogP contribution >= 0.6 is 0 Å². The van der Waals surface area contributed by atoms with Crippen LogP contribution in [0.3, 0.4) is 0 Å². The normalized spacial score (nSPS) is 11.3. The fraction of sp³-hybridized carbons (Fsp3) is 0.857. The molecule has 0 aliphatic heterocycles. The van der Waals surface area contributed by atoms with Gasteiger partial charge in [-0.2, -0.15) is 0 Å². The molecule has 18 heavy (non-hydrogen) atoms. The van der Waals surface area contributed by atoms with Crippen molar-refractivity contribution in [1.82, 2.24) is 4.90 Å². The molecule has 0 unspecified atom stereocenters. The molecule has 0 aromatic heterocycles. The van der Waals surface area contributed by atoms with E-state index in [1.54, 1.807) is 11.9 Å². The number of aliphatic carboxylic acids is 1. The molecule has 0 aromatic carbocycles. The molecule has 0 rings (SSSR count). The Hall–Kier alpha value is -1.06. The minimum absolute atomic E-state index is 0.0581. The van der Waals surface area contributed by atoms with E-state index in [1.807, 2.05) is 13.8 Å². The number of carboxylic acids is 1. The summed E-state index contributed by atoms with van der Waals surface area (Å²) < 4.78 is 0. The average Bonchev–Trinajstić information content (AvgIpc) is 2.35. The van der Waals surface area contributed by atoms with Gasteiger partial charge in [-0.05, 0) is 19.3 Å². The summed E-state index contributed by atoms with van der Waals surface area (Å²) in [5.41, 5.74) is -0.893. The quantitative estimate of drug-likeness (QED) is 0.646.